The number of piperidine rings is 1. The zero-order chi connectivity index (χ0) is 15.4. The summed E-state index contributed by atoms with van der Waals surface area (Å²) in [6.07, 6.45) is 6.50. The highest BCUT2D eigenvalue weighted by Gasteiger charge is 2.33. The first kappa shape index (κ1) is 15.8. The van der Waals surface area contributed by atoms with E-state index in [0.717, 1.165) is 24.5 Å². The van der Waals surface area contributed by atoms with Crippen LogP contribution < -0.4 is 10.6 Å². The highest BCUT2D eigenvalue weighted by Crippen LogP contribution is 2.41. The third-order valence-corrected chi connectivity index (χ3v) is 5.13. The van der Waals surface area contributed by atoms with Gasteiger partial charge in [0.1, 0.15) is 0 Å². The zero-order valence-corrected chi connectivity index (χ0v) is 13.7. The monoisotopic (exact) mass is 320 g/mol. The molecule has 3 rings (SSSR count). The summed E-state index contributed by atoms with van der Waals surface area (Å²) >= 11 is 5.96. The van der Waals surface area contributed by atoms with Crippen molar-refractivity contribution in [3.63, 3.8) is 0 Å². The fourth-order valence-electron chi connectivity index (χ4n) is 3.32. The van der Waals surface area contributed by atoms with Crippen LogP contribution in [0, 0.1) is 11.8 Å². The van der Waals surface area contributed by atoms with Crippen molar-refractivity contribution in [3.05, 3.63) is 34.9 Å². The molecule has 120 valence electrons. The van der Waals surface area contributed by atoms with Crippen LogP contribution in [0.5, 0.6) is 0 Å². The van der Waals surface area contributed by atoms with Crippen LogP contribution in [0.2, 0.25) is 5.02 Å². The molecule has 1 aliphatic heterocycles. The molecule has 0 bridgehead atoms. The van der Waals surface area contributed by atoms with Crippen LogP contribution >= 0.6 is 11.6 Å². The molecule has 0 radical (unpaired) electrons. The van der Waals surface area contributed by atoms with Crippen molar-refractivity contribution in [3.8, 4) is 0 Å². The lowest BCUT2D eigenvalue weighted by Crippen LogP contribution is -2.31. The van der Waals surface area contributed by atoms with E-state index < -0.39 is 0 Å². The zero-order valence-electron chi connectivity index (χ0n) is 13.0. The van der Waals surface area contributed by atoms with Gasteiger partial charge in [0.05, 0.1) is 6.04 Å². The molecule has 1 aliphatic carbocycles. The fraction of sp³-hybridized carbons (Fsp3) is 0.611. The standard InChI is InChI=1S/C18H25ClN2O/c19-16-6-4-15(5-7-16)18(14-2-3-14)21-17(22)8-1-13-9-11-20-12-10-13/h4-7,13-14,18,20H,1-3,8-12H2,(H,21,22). The summed E-state index contributed by atoms with van der Waals surface area (Å²) in [5.41, 5.74) is 1.18. The molecule has 2 aliphatic rings. The lowest BCUT2D eigenvalue weighted by Gasteiger charge is -2.23. The molecule has 1 unspecified atom stereocenters. The number of hydrogen-bond donors (Lipinski definition) is 2. The number of halogens is 1. The molecule has 1 amide bonds. The van der Waals surface area contributed by atoms with E-state index in [1.54, 1.807) is 0 Å². The largest absolute Gasteiger partial charge is 0.349 e. The average molecular weight is 321 g/mol. The first-order valence-corrected chi connectivity index (χ1v) is 8.86. The van der Waals surface area contributed by atoms with Crippen molar-refractivity contribution < 1.29 is 4.79 Å². The minimum atomic E-state index is 0.165. The van der Waals surface area contributed by atoms with Crippen molar-refractivity contribution in [2.45, 2.75) is 44.6 Å². The summed E-state index contributed by atoms with van der Waals surface area (Å²) in [5, 5.41) is 7.37. The van der Waals surface area contributed by atoms with E-state index in [4.69, 9.17) is 11.6 Å². The highest BCUT2D eigenvalue weighted by molar-refractivity contribution is 6.30. The first-order valence-electron chi connectivity index (χ1n) is 8.48. The molecule has 3 nitrogen and oxygen atoms in total. The van der Waals surface area contributed by atoms with Crippen molar-refractivity contribution in [1.82, 2.24) is 10.6 Å². The van der Waals surface area contributed by atoms with Crippen LogP contribution in [0.25, 0.3) is 0 Å². The van der Waals surface area contributed by atoms with Gasteiger partial charge in [0.25, 0.3) is 0 Å². The van der Waals surface area contributed by atoms with E-state index in [2.05, 4.69) is 10.6 Å². The normalized spacial score (nSPS) is 20.6. The summed E-state index contributed by atoms with van der Waals surface area (Å²) in [7, 11) is 0. The molecular weight excluding hydrogens is 296 g/mol. The number of amides is 1. The summed E-state index contributed by atoms with van der Waals surface area (Å²) in [4.78, 5) is 12.3. The Morgan fingerprint density at radius 2 is 1.86 bits per heavy atom. The van der Waals surface area contributed by atoms with Crippen molar-refractivity contribution in [1.29, 1.82) is 0 Å². The molecule has 0 spiro atoms. The molecule has 1 saturated carbocycles. The van der Waals surface area contributed by atoms with Crippen LogP contribution in [0.4, 0.5) is 0 Å². The van der Waals surface area contributed by atoms with Gasteiger partial charge in [0.2, 0.25) is 5.91 Å². The number of rotatable bonds is 6. The third-order valence-electron chi connectivity index (χ3n) is 4.88. The Bertz CT molecular complexity index is 492. The maximum absolute atomic E-state index is 12.3. The predicted octanol–water partition coefficient (Wildman–Crippen LogP) is 3.69. The maximum Gasteiger partial charge on any atom is 0.220 e. The van der Waals surface area contributed by atoms with E-state index in [9.17, 15) is 4.79 Å². The second-order valence-electron chi connectivity index (χ2n) is 6.67. The Balaban J connectivity index is 1.52. The van der Waals surface area contributed by atoms with Crippen LogP contribution in [0.3, 0.4) is 0 Å². The predicted molar refractivity (Wildman–Crippen MR) is 89.9 cm³/mol. The molecule has 1 saturated heterocycles. The minimum Gasteiger partial charge on any atom is -0.349 e. The molecule has 1 heterocycles. The lowest BCUT2D eigenvalue weighted by molar-refractivity contribution is -0.122. The molecule has 2 fully saturated rings. The Kier molecular flexibility index (Phi) is 5.37. The Hall–Kier alpha value is -1.06. The number of carbonyl (C=O) groups excluding carboxylic acids is 1. The van der Waals surface area contributed by atoms with E-state index in [1.807, 2.05) is 24.3 Å². The Morgan fingerprint density at radius 3 is 2.50 bits per heavy atom. The molecule has 1 atom stereocenters. The summed E-state index contributed by atoms with van der Waals surface area (Å²) in [6.45, 7) is 2.20. The molecule has 1 aromatic rings. The third kappa shape index (κ3) is 4.47. The minimum absolute atomic E-state index is 0.165. The van der Waals surface area contributed by atoms with E-state index in [0.29, 0.717) is 18.3 Å². The molecular formula is C18H25ClN2O. The second kappa shape index (κ2) is 7.47. The van der Waals surface area contributed by atoms with Gasteiger partial charge in [-0.3, -0.25) is 4.79 Å². The average Bonchev–Trinajstić information content (AvgIpc) is 3.37. The van der Waals surface area contributed by atoms with Crippen LogP contribution in [-0.2, 0) is 4.79 Å². The van der Waals surface area contributed by atoms with Gasteiger partial charge in [-0.15, -0.1) is 0 Å². The maximum atomic E-state index is 12.3. The van der Waals surface area contributed by atoms with Gasteiger partial charge < -0.3 is 10.6 Å². The molecule has 4 heteroatoms. The van der Waals surface area contributed by atoms with Crippen LogP contribution in [-0.4, -0.2) is 19.0 Å². The lowest BCUT2D eigenvalue weighted by atomic mass is 9.93. The SMILES string of the molecule is O=C(CCC1CCNCC1)NC(c1ccc(Cl)cc1)C1CC1. The fourth-order valence-corrected chi connectivity index (χ4v) is 3.45. The molecule has 22 heavy (non-hydrogen) atoms. The summed E-state index contributed by atoms with van der Waals surface area (Å²) < 4.78 is 0. The van der Waals surface area contributed by atoms with E-state index in [1.165, 1.54) is 31.2 Å². The summed E-state index contributed by atoms with van der Waals surface area (Å²) in [5.74, 6) is 1.51. The highest BCUT2D eigenvalue weighted by atomic mass is 35.5. The van der Waals surface area contributed by atoms with E-state index >= 15 is 0 Å². The van der Waals surface area contributed by atoms with E-state index in [-0.39, 0.29) is 11.9 Å². The van der Waals surface area contributed by atoms with Gasteiger partial charge >= 0.3 is 0 Å². The van der Waals surface area contributed by atoms with Crippen LogP contribution in [0.1, 0.15) is 50.1 Å². The van der Waals surface area contributed by atoms with Gasteiger partial charge in [-0.1, -0.05) is 23.7 Å². The van der Waals surface area contributed by atoms with Crippen molar-refractivity contribution in [2.75, 3.05) is 13.1 Å². The van der Waals surface area contributed by atoms with Gasteiger partial charge in [0, 0.05) is 11.4 Å². The van der Waals surface area contributed by atoms with Gasteiger partial charge in [-0.2, -0.15) is 0 Å². The van der Waals surface area contributed by atoms with Crippen molar-refractivity contribution >= 4 is 17.5 Å². The van der Waals surface area contributed by atoms with Gasteiger partial charge in [-0.05, 0) is 74.7 Å². The number of benzene rings is 1. The van der Waals surface area contributed by atoms with Gasteiger partial charge in [-0.25, -0.2) is 0 Å². The smallest absolute Gasteiger partial charge is 0.220 e. The van der Waals surface area contributed by atoms with Gasteiger partial charge in [0.15, 0.2) is 0 Å². The topological polar surface area (TPSA) is 41.1 Å². The Labute approximate surface area is 137 Å². The molecule has 0 aromatic heterocycles. The summed E-state index contributed by atoms with van der Waals surface area (Å²) in [6, 6.07) is 8.07. The molecule has 1 aromatic carbocycles. The second-order valence-corrected chi connectivity index (χ2v) is 7.10. The van der Waals surface area contributed by atoms with Crippen LogP contribution in [0.15, 0.2) is 24.3 Å². The Morgan fingerprint density at radius 1 is 1.18 bits per heavy atom. The van der Waals surface area contributed by atoms with Crippen molar-refractivity contribution in [2.24, 2.45) is 11.8 Å². The first-order chi connectivity index (χ1) is 10.7. The molecule has 2 N–H and O–H groups in total. The number of carbonyl (C=O) groups is 1. The quantitative estimate of drug-likeness (QED) is 0.839. The number of hydrogen-bond acceptors (Lipinski definition) is 2. The number of nitrogens with one attached hydrogen (secondary N) is 2.